The Hall–Kier alpha value is -0.780. The van der Waals surface area contributed by atoms with Gasteiger partial charge in [0.25, 0.3) is 0 Å². The van der Waals surface area contributed by atoms with Crippen LogP contribution in [0.15, 0.2) is 36.0 Å². The highest BCUT2D eigenvalue weighted by molar-refractivity contribution is 5.09. The van der Waals surface area contributed by atoms with Gasteiger partial charge in [-0.3, -0.25) is 0 Å². The van der Waals surface area contributed by atoms with Crippen molar-refractivity contribution in [3.05, 3.63) is 36.0 Å². The van der Waals surface area contributed by atoms with Crippen molar-refractivity contribution in [2.24, 2.45) is 5.92 Å². The van der Waals surface area contributed by atoms with Crippen molar-refractivity contribution in [1.29, 1.82) is 0 Å². The lowest BCUT2D eigenvalue weighted by Crippen LogP contribution is -1.92. The summed E-state index contributed by atoms with van der Waals surface area (Å²) in [4.78, 5) is 0. The molecule has 1 aliphatic rings. The minimum Gasteiger partial charge on any atom is -0.0917 e. The van der Waals surface area contributed by atoms with Gasteiger partial charge in [0.2, 0.25) is 0 Å². The first kappa shape index (κ1) is 25.5. The molecular weight excluding hydrogens is 288 g/mol. The second-order valence-electron chi connectivity index (χ2n) is 6.65. The van der Waals surface area contributed by atoms with Gasteiger partial charge in [0.1, 0.15) is 0 Å². The van der Waals surface area contributed by atoms with E-state index in [1.165, 1.54) is 76.2 Å². The van der Waals surface area contributed by atoms with Crippen LogP contribution in [0.5, 0.6) is 0 Å². The van der Waals surface area contributed by atoms with Gasteiger partial charge in [-0.05, 0) is 46.0 Å². The van der Waals surface area contributed by atoms with Crippen LogP contribution in [0.4, 0.5) is 0 Å². The molecule has 0 heteroatoms. The largest absolute Gasteiger partial charge is 0.0917 e. The van der Waals surface area contributed by atoms with Gasteiger partial charge >= 0.3 is 0 Å². The molecule has 142 valence electrons. The van der Waals surface area contributed by atoms with E-state index in [0.717, 1.165) is 5.92 Å². The molecule has 0 unspecified atom stereocenters. The molecule has 0 bridgehead atoms. The summed E-state index contributed by atoms with van der Waals surface area (Å²) in [6, 6.07) is 0. The first-order valence-electron chi connectivity index (χ1n) is 10.6. The van der Waals surface area contributed by atoms with Gasteiger partial charge in [-0.1, -0.05) is 108 Å². The SMILES string of the molecule is C/C=C\C=C(/C)CCCCCC1CCCC1.C/C=C\CCC.CC. The third-order valence-electron chi connectivity index (χ3n) is 4.42. The third kappa shape index (κ3) is 19.3. The topological polar surface area (TPSA) is 0 Å². The molecule has 0 N–H and O–H groups in total. The molecule has 0 aliphatic heterocycles. The summed E-state index contributed by atoms with van der Waals surface area (Å²) in [7, 11) is 0. The maximum Gasteiger partial charge on any atom is -0.0320 e. The Bertz CT molecular complexity index is 300. The molecule has 0 aromatic carbocycles. The van der Waals surface area contributed by atoms with Crippen LogP contribution in [-0.4, -0.2) is 0 Å². The van der Waals surface area contributed by atoms with Gasteiger partial charge in [-0.2, -0.15) is 0 Å². The Morgan fingerprint density at radius 2 is 1.62 bits per heavy atom. The molecule has 1 saturated carbocycles. The summed E-state index contributed by atoms with van der Waals surface area (Å²) in [5.41, 5.74) is 1.53. The van der Waals surface area contributed by atoms with Gasteiger partial charge in [0.05, 0.1) is 0 Å². The Morgan fingerprint density at radius 3 is 2.12 bits per heavy atom. The summed E-state index contributed by atoms with van der Waals surface area (Å²) in [6.45, 7) is 12.6. The average molecular weight is 335 g/mol. The Morgan fingerprint density at radius 1 is 0.958 bits per heavy atom. The lowest BCUT2D eigenvalue weighted by Gasteiger charge is -2.07. The second-order valence-corrected chi connectivity index (χ2v) is 6.65. The fourth-order valence-electron chi connectivity index (χ4n) is 2.99. The molecule has 1 aliphatic carbocycles. The molecule has 0 atom stereocenters. The summed E-state index contributed by atoms with van der Waals surface area (Å²) in [5.74, 6) is 1.08. The van der Waals surface area contributed by atoms with Gasteiger partial charge < -0.3 is 0 Å². The second kappa shape index (κ2) is 22.2. The zero-order chi connectivity index (χ0) is 18.5. The lowest BCUT2D eigenvalue weighted by atomic mass is 9.99. The van der Waals surface area contributed by atoms with Crippen LogP contribution in [0.3, 0.4) is 0 Å². The summed E-state index contributed by atoms with van der Waals surface area (Å²) in [6.07, 6.45) is 26.3. The fourth-order valence-corrected chi connectivity index (χ4v) is 2.99. The fraction of sp³-hybridized carbons (Fsp3) is 0.750. The van der Waals surface area contributed by atoms with E-state index >= 15 is 0 Å². The molecule has 0 aromatic rings. The maximum atomic E-state index is 2.25. The van der Waals surface area contributed by atoms with Crippen molar-refractivity contribution < 1.29 is 0 Å². The lowest BCUT2D eigenvalue weighted by molar-refractivity contribution is 0.468. The summed E-state index contributed by atoms with van der Waals surface area (Å²) < 4.78 is 0. The monoisotopic (exact) mass is 334 g/mol. The number of unbranched alkanes of at least 4 members (excludes halogenated alkanes) is 3. The predicted octanol–water partition coefficient (Wildman–Crippen LogP) is 9.04. The molecule has 24 heavy (non-hydrogen) atoms. The van der Waals surface area contributed by atoms with E-state index in [9.17, 15) is 0 Å². The van der Waals surface area contributed by atoms with Gasteiger partial charge in [0, 0.05) is 0 Å². The van der Waals surface area contributed by atoms with Gasteiger partial charge in [0.15, 0.2) is 0 Å². The highest BCUT2D eigenvalue weighted by Gasteiger charge is 2.13. The predicted molar refractivity (Wildman–Crippen MR) is 115 cm³/mol. The van der Waals surface area contributed by atoms with E-state index < -0.39 is 0 Å². The van der Waals surface area contributed by atoms with Crippen molar-refractivity contribution in [2.45, 2.75) is 112 Å². The minimum absolute atomic E-state index is 1.08. The van der Waals surface area contributed by atoms with E-state index in [4.69, 9.17) is 0 Å². The Balaban J connectivity index is 0. The van der Waals surface area contributed by atoms with Crippen LogP contribution in [0.25, 0.3) is 0 Å². The van der Waals surface area contributed by atoms with Crippen molar-refractivity contribution in [2.75, 3.05) is 0 Å². The van der Waals surface area contributed by atoms with Crippen LogP contribution in [0.2, 0.25) is 0 Å². The quantitative estimate of drug-likeness (QED) is 0.224. The van der Waals surface area contributed by atoms with Crippen molar-refractivity contribution >= 4 is 0 Å². The molecule has 0 aromatic heterocycles. The first-order valence-corrected chi connectivity index (χ1v) is 10.6. The van der Waals surface area contributed by atoms with Crippen LogP contribution < -0.4 is 0 Å². The molecule has 1 fully saturated rings. The normalized spacial score (nSPS) is 15.3. The highest BCUT2D eigenvalue weighted by Crippen LogP contribution is 2.29. The van der Waals surface area contributed by atoms with E-state index in [0.29, 0.717) is 0 Å². The number of hydrogen-bond donors (Lipinski definition) is 0. The molecule has 0 amide bonds. The maximum absolute atomic E-state index is 2.25. The van der Waals surface area contributed by atoms with Crippen LogP contribution in [0, 0.1) is 5.92 Å². The number of rotatable bonds is 9. The van der Waals surface area contributed by atoms with Crippen molar-refractivity contribution in [3.8, 4) is 0 Å². The van der Waals surface area contributed by atoms with E-state index in [2.05, 4.69) is 58.1 Å². The zero-order valence-electron chi connectivity index (χ0n) is 17.7. The van der Waals surface area contributed by atoms with Crippen LogP contribution in [0.1, 0.15) is 112 Å². The molecule has 0 nitrogen and oxygen atoms in total. The highest BCUT2D eigenvalue weighted by atomic mass is 14.2. The molecule has 0 heterocycles. The van der Waals surface area contributed by atoms with Crippen molar-refractivity contribution in [3.63, 3.8) is 0 Å². The van der Waals surface area contributed by atoms with Crippen LogP contribution >= 0.6 is 0 Å². The molecule has 0 saturated heterocycles. The van der Waals surface area contributed by atoms with E-state index in [-0.39, 0.29) is 0 Å². The van der Waals surface area contributed by atoms with Gasteiger partial charge in [-0.15, -0.1) is 0 Å². The molecule has 0 spiro atoms. The standard InChI is InChI=1S/C16H28.C6H12.C2H6/c1-3-4-10-15(2)11-6-5-7-12-16-13-8-9-14-16;1-3-5-6-4-2;1-2/h3-4,10,16H,5-9,11-14H2,1-2H3;3,5H,4,6H2,1-2H3;1-2H3/b4-3-,15-10+;5-3-;. The smallest absolute Gasteiger partial charge is 0.0320 e. The van der Waals surface area contributed by atoms with Crippen LogP contribution in [-0.2, 0) is 0 Å². The van der Waals surface area contributed by atoms with E-state index in [1.54, 1.807) is 0 Å². The summed E-state index contributed by atoms with van der Waals surface area (Å²) >= 11 is 0. The molecular formula is C24H46. The number of allylic oxidation sites excluding steroid dienone is 6. The molecule has 0 radical (unpaired) electrons. The Kier molecular flexibility index (Phi) is 23.6. The average Bonchev–Trinajstić information content (AvgIpc) is 3.13. The third-order valence-corrected chi connectivity index (χ3v) is 4.42. The number of hydrogen-bond acceptors (Lipinski definition) is 0. The van der Waals surface area contributed by atoms with Gasteiger partial charge in [-0.25, -0.2) is 0 Å². The van der Waals surface area contributed by atoms with Crippen molar-refractivity contribution in [1.82, 2.24) is 0 Å². The molecule has 1 rings (SSSR count). The summed E-state index contributed by atoms with van der Waals surface area (Å²) in [5, 5.41) is 0. The minimum atomic E-state index is 1.08. The Labute approximate surface area is 154 Å². The first-order chi connectivity index (χ1) is 11.7. The van der Waals surface area contributed by atoms with E-state index in [1.807, 2.05) is 13.8 Å². The zero-order valence-corrected chi connectivity index (χ0v) is 17.7.